The number of alkyl halides is 3. The average Bonchev–Trinajstić information content (AvgIpc) is 2.27. The van der Waals surface area contributed by atoms with E-state index in [0.29, 0.717) is 10.9 Å². The topological polar surface area (TPSA) is 25.2 Å². The van der Waals surface area contributed by atoms with E-state index >= 15 is 0 Å². The zero-order valence-corrected chi connectivity index (χ0v) is 9.13. The van der Waals surface area contributed by atoms with Gasteiger partial charge in [-0.25, -0.2) is 4.99 Å². The van der Waals surface area contributed by atoms with Crippen molar-refractivity contribution >= 4 is 33.4 Å². The van der Waals surface area contributed by atoms with Crippen molar-refractivity contribution in [3.63, 3.8) is 0 Å². The predicted molar refractivity (Wildman–Crippen MR) is 60.7 cm³/mol. The molecule has 0 aliphatic rings. The van der Waals surface area contributed by atoms with Crippen LogP contribution in [0.15, 0.2) is 41.5 Å². The summed E-state index contributed by atoms with van der Waals surface area (Å²) >= 11 is 5.05. The molecule has 1 aromatic carbocycles. The monoisotopic (exact) mass is 258 g/mol. The molecule has 0 N–H and O–H groups in total. The molecular formula is C11H6ClF3N2. The fourth-order valence-corrected chi connectivity index (χ4v) is 1.41. The van der Waals surface area contributed by atoms with Gasteiger partial charge < -0.3 is 0 Å². The number of hydrogen-bond acceptors (Lipinski definition) is 2. The highest BCUT2D eigenvalue weighted by Gasteiger charge is 2.34. The molecule has 88 valence electrons. The number of hydrogen-bond donors (Lipinski definition) is 0. The molecule has 0 bridgehead atoms. The van der Waals surface area contributed by atoms with Gasteiger partial charge in [-0.3, -0.25) is 4.98 Å². The van der Waals surface area contributed by atoms with Crippen LogP contribution in [0.25, 0.3) is 10.9 Å². The second-order valence-electron chi connectivity index (χ2n) is 3.28. The summed E-state index contributed by atoms with van der Waals surface area (Å²) in [5.41, 5.74) is 0.836. The van der Waals surface area contributed by atoms with Crippen LogP contribution < -0.4 is 0 Å². The number of fused-ring (bicyclic) bond motifs is 1. The fraction of sp³-hybridized carbons (Fsp3) is 0.0909. The van der Waals surface area contributed by atoms with Crippen LogP contribution in [0.1, 0.15) is 0 Å². The number of halogens is 4. The average molecular weight is 259 g/mol. The molecule has 17 heavy (non-hydrogen) atoms. The largest absolute Gasteiger partial charge is 0.444 e. The first kappa shape index (κ1) is 11.9. The quantitative estimate of drug-likeness (QED) is 0.708. The SMILES string of the molecule is FC(F)(F)C(Cl)=Nc1ccc2ncccc2c1. The van der Waals surface area contributed by atoms with E-state index in [-0.39, 0.29) is 5.69 Å². The van der Waals surface area contributed by atoms with Crippen molar-refractivity contribution in [2.24, 2.45) is 4.99 Å². The van der Waals surface area contributed by atoms with Crippen LogP contribution in [0, 0.1) is 0 Å². The van der Waals surface area contributed by atoms with E-state index in [4.69, 9.17) is 11.6 Å². The Morgan fingerprint density at radius 3 is 2.71 bits per heavy atom. The predicted octanol–water partition coefficient (Wildman–Crippen LogP) is 4.07. The molecule has 0 radical (unpaired) electrons. The minimum absolute atomic E-state index is 0.146. The van der Waals surface area contributed by atoms with E-state index in [1.54, 1.807) is 24.4 Å². The van der Waals surface area contributed by atoms with Gasteiger partial charge in [-0.1, -0.05) is 17.7 Å². The van der Waals surface area contributed by atoms with E-state index in [9.17, 15) is 13.2 Å². The van der Waals surface area contributed by atoms with Gasteiger partial charge >= 0.3 is 6.18 Å². The summed E-state index contributed by atoms with van der Waals surface area (Å²) in [6, 6.07) is 7.96. The molecule has 0 atom stereocenters. The van der Waals surface area contributed by atoms with Gasteiger partial charge in [-0.05, 0) is 24.3 Å². The number of pyridine rings is 1. The van der Waals surface area contributed by atoms with Gasteiger partial charge in [-0.15, -0.1) is 0 Å². The fourth-order valence-electron chi connectivity index (χ4n) is 1.31. The molecule has 0 spiro atoms. The summed E-state index contributed by atoms with van der Waals surface area (Å²) in [4.78, 5) is 7.36. The molecular weight excluding hydrogens is 253 g/mol. The van der Waals surface area contributed by atoms with Gasteiger partial charge in [0, 0.05) is 11.6 Å². The lowest BCUT2D eigenvalue weighted by Gasteiger charge is -2.03. The van der Waals surface area contributed by atoms with Gasteiger partial charge in [0.05, 0.1) is 11.2 Å². The second kappa shape index (κ2) is 4.33. The number of nitrogens with zero attached hydrogens (tertiary/aromatic N) is 2. The third-order valence-electron chi connectivity index (χ3n) is 2.05. The van der Waals surface area contributed by atoms with Crippen molar-refractivity contribution in [1.29, 1.82) is 0 Å². The number of benzene rings is 1. The third-order valence-corrected chi connectivity index (χ3v) is 2.35. The molecule has 0 aliphatic heterocycles. The zero-order chi connectivity index (χ0) is 12.5. The lowest BCUT2D eigenvalue weighted by molar-refractivity contribution is -0.0558. The Bertz CT molecular complexity index is 578. The molecule has 1 aromatic heterocycles. The third kappa shape index (κ3) is 2.74. The number of aromatic nitrogens is 1. The van der Waals surface area contributed by atoms with Crippen LogP contribution >= 0.6 is 11.6 Å². The maximum atomic E-state index is 12.2. The van der Waals surface area contributed by atoms with Crippen molar-refractivity contribution < 1.29 is 13.2 Å². The Morgan fingerprint density at radius 1 is 1.24 bits per heavy atom. The Hall–Kier alpha value is -1.62. The standard InChI is InChI=1S/C11H6ClF3N2/c12-10(11(13,14)15)17-8-3-4-9-7(6-8)2-1-5-16-9/h1-6H. The first-order valence-corrected chi connectivity index (χ1v) is 5.01. The summed E-state index contributed by atoms with van der Waals surface area (Å²) in [7, 11) is 0. The molecule has 2 nitrogen and oxygen atoms in total. The summed E-state index contributed by atoms with van der Waals surface area (Å²) in [5.74, 6) is 0. The number of rotatable bonds is 1. The molecule has 0 saturated heterocycles. The maximum Gasteiger partial charge on any atom is 0.444 e. The van der Waals surface area contributed by atoms with Crippen molar-refractivity contribution in [2.75, 3.05) is 0 Å². The van der Waals surface area contributed by atoms with Crippen LogP contribution in [-0.4, -0.2) is 16.3 Å². The minimum Gasteiger partial charge on any atom is -0.256 e. The Balaban J connectivity index is 2.44. The van der Waals surface area contributed by atoms with Crippen LogP contribution in [0.2, 0.25) is 0 Å². The molecule has 0 amide bonds. The van der Waals surface area contributed by atoms with Crippen LogP contribution in [0.4, 0.5) is 18.9 Å². The maximum absolute atomic E-state index is 12.2. The smallest absolute Gasteiger partial charge is 0.256 e. The lowest BCUT2D eigenvalue weighted by Crippen LogP contribution is -2.16. The summed E-state index contributed by atoms with van der Waals surface area (Å²) in [6.45, 7) is 0. The first-order chi connectivity index (χ1) is 7.97. The number of aliphatic imine (C=N–C) groups is 1. The zero-order valence-electron chi connectivity index (χ0n) is 8.37. The van der Waals surface area contributed by atoms with Crippen molar-refractivity contribution in [3.05, 3.63) is 36.5 Å². The van der Waals surface area contributed by atoms with Gasteiger partial charge in [-0.2, -0.15) is 13.2 Å². The molecule has 2 aromatic rings. The van der Waals surface area contributed by atoms with E-state index < -0.39 is 11.3 Å². The van der Waals surface area contributed by atoms with Crippen molar-refractivity contribution in [2.45, 2.75) is 6.18 Å². The highest BCUT2D eigenvalue weighted by Crippen LogP contribution is 2.25. The molecule has 6 heteroatoms. The first-order valence-electron chi connectivity index (χ1n) is 4.63. The van der Waals surface area contributed by atoms with E-state index in [1.807, 2.05) is 0 Å². The van der Waals surface area contributed by atoms with Crippen LogP contribution in [0.5, 0.6) is 0 Å². The molecule has 2 rings (SSSR count). The Labute approximate surface area is 99.8 Å². The minimum atomic E-state index is -4.62. The lowest BCUT2D eigenvalue weighted by atomic mass is 10.2. The van der Waals surface area contributed by atoms with E-state index in [1.165, 1.54) is 12.1 Å². The van der Waals surface area contributed by atoms with Gasteiger partial charge in [0.1, 0.15) is 0 Å². The Kier molecular flexibility index (Phi) is 3.02. The highest BCUT2D eigenvalue weighted by molar-refractivity contribution is 6.67. The van der Waals surface area contributed by atoms with Gasteiger partial charge in [0.2, 0.25) is 5.17 Å². The molecule has 0 fully saturated rings. The Morgan fingerprint density at radius 2 is 2.00 bits per heavy atom. The van der Waals surface area contributed by atoms with Gasteiger partial charge in [0.25, 0.3) is 0 Å². The summed E-state index contributed by atoms with van der Waals surface area (Å²) < 4.78 is 36.5. The van der Waals surface area contributed by atoms with Gasteiger partial charge in [0.15, 0.2) is 0 Å². The van der Waals surface area contributed by atoms with Crippen LogP contribution in [0.3, 0.4) is 0 Å². The normalized spacial score (nSPS) is 13.1. The second-order valence-corrected chi connectivity index (χ2v) is 3.64. The molecule has 0 saturated carbocycles. The van der Waals surface area contributed by atoms with Crippen molar-refractivity contribution in [3.8, 4) is 0 Å². The van der Waals surface area contributed by atoms with Crippen LogP contribution in [-0.2, 0) is 0 Å². The molecule has 0 unspecified atom stereocenters. The van der Waals surface area contributed by atoms with Crippen molar-refractivity contribution in [1.82, 2.24) is 4.98 Å². The summed E-state index contributed by atoms with van der Waals surface area (Å²) in [5, 5.41) is -0.680. The van der Waals surface area contributed by atoms with E-state index in [2.05, 4.69) is 9.98 Å². The highest BCUT2D eigenvalue weighted by atomic mass is 35.5. The van der Waals surface area contributed by atoms with E-state index in [0.717, 1.165) is 0 Å². The molecule has 1 heterocycles. The molecule has 0 aliphatic carbocycles. The summed E-state index contributed by atoms with van der Waals surface area (Å²) in [6.07, 6.45) is -3.01.